The number of carbonyl (C=O) groups is 1. The normalized spacial score (nSPS) is 14.2. The number of nitrogens with one attached hydrogen (secondary N) is 1. The van der Waals surface area contributed by atoms with Crippen LogP contribution < -0.4 is 5.32 Å². The van der Waals surface area contributed by atoms with Crippen LogP contribution in [0.2, 0.25) is 0 Å². The van der Waals surface area contributed by atoms with E-state index in [9.17, 15) is 4.39 Å². The number of aldehydes is 1. The Balaban J connectivity index is 0.00000115. The minimum atomic E-state index is -0.268. The number of nitrogens with zero attached hydrogens (tertiary/aromatic N) is 3. The van der Waals surface area contributed by atoms with E-state index in [0.717, 1.165) is 54.0 Å². The van der Waals surface area contributed by atoms with Gasteiger partial charge in [0.25, 0.3) is 0 Å². The Morgan fingerprint density at radius 3 is 2.61 bits per heavy atom. The van der Waals surface area contributed by atoms with Crippen LogP contribution in [0.1, 0.15) is 76.6 Å². The summed E-state index contributed by atoms with van der Waals surface area (Å²) < 4.78 is 20.5. The molecule has 2 aromatic heterocycles. The number of anilines is 1. The van der Waals surface area contributed by atoms with Gasteiger partial charge in [-0.1, -0.05) is 38.3 Å². The molecule has 194 valence electrons. The van der Waals surface area contributed by atoms with E-state index in [2.05, 4.69) is 17.2 Å². The maximum absolute atomic E-state index is 14.8. The Morgan fingerprint density at radius 1 is 1.17 bits per heavy atom. The summed E-state index contributed by atoms with van der Waals surface area (Å²) >= 11 is 1.62. The maximum atomic E-state index is 14.8. The first-order valence-electron chi connectivity index (χ1n) is 12.9. The molecule has 1 unspecified atom stereocenters. The molecule has 3 aromatic rings. The van der Waals surface area contributed by atoms with E-state index in [1.165, 1.54) is 25.8 Å². The van der Waals surface area contributed by atoms with Crippen LogP contribution in [0.25, 0.3) is 21.8 Å². The monoisotopic (exact) mass is 512 g/mol. The molecule has 4 rings (SSSR count). The first-order chi connectivity index (χ1) is 17.6. The van der Waals surface area contributed by atoms with Crippen molar-refractivity contribution in [3.63, 3.8) is 0 Å². The molecule has 1 aliphatic rings. The van der Waals surface area contributed by atoms with Crippen molar-refractivity contribution < 1.29 is 13.9 Å². The molecule has 1 fully saturated rings. The predicted octanol–water partition coefficient (Wildman–Crippen LogP) is 7.28. The Hall–Kier alpha value is -2.71. The van der Waals surface area contributed by atoms with Crippen molar-refractivity contribution in [1.82, 2.24) is 15.0 Å². The Morgan fingerprint density at radius 2 is 1.92 bits per heavy atom. The van der Waals surface area contributed by atoms with Gasteiger partial charge in [-0.15, -0.1) is 11.3 Å². The fourth-order valence-corrected chi connectivity index (χ4v) is 5.66. The second-order valence-corrected chi connectivity index (χ2v) is 9.84. The molecule has 0 bridgehead atoms. The number of carbonyl (C=O) groups excluding carboxylic acids is 1. The zero-order valence-corrected chi connectivity index (χ0v) is 22.3. The van der Waals surface area contributed by atoms with Crippen molar-refractivity contribution in [2.45, 2.75) is 77.7 Å². The second kappa shape index (κ2) is 14.8. The summed E-state index contributed by atoms with van der Waals surface area (Å²) in [5, 5.41) is 4.50. The van der Waals surface area contributed by atoms with E-state index in [1.807, 2.05) is 19.1 Å². The summed E-state index contributed by atoms with van der Waals surface area (Å²) in [5.41, 5.74) is 1.96. The third-order valence-electron chi connectivity index (χ3n) is 6.15. The number of aromatic nitrogens is 3. The lowest BCUT2D eigenvalue weighted by Gasteiger charge is -2.13. The van der Waals surface area contributed by atoms with E-state index in [4.69, 9.17) is 19.5 Å². The quantitative estimate of drug-likeness (QED) is 0.215. The number of ether oxygens (including phenoxy) is 1. The minimum absolute atomic E-state index is 0.268. The van der Waals surface area contributed by atoms with Crippen molar-refractivity contribution in [3.05, 3.63) is 47.4 Å². The topological polar surface area (TPSA) is 77.0 Å². The van der Waals surface area contributed by atoms with Gasteiger partial charge in [-0.2, -0.15) is 0 Å². The molecule has 2 heterocycles. The third kappa shape index (κ3) is 7.64. The molecule has 0 aliphatic heterocycles. The van der Waals surface area contributed by atoms with E-state index in [0.29, 0.717) is 36.5 Å². The van der Waals surface area contributed by atoms with Crippen LogP contribution in [0.3, 0.4) is 0 Å². The van der Waals surface area contributed by atoms with Crippen LogP contribution >= 0.6 is 11.3 Å². The largest absolute Gasteiger partial charge is 0.382 e. The minimum Gasteiger partial charge on any atom is -0.382 e. The highest BCUT2D eigenvalue weighted by molar-refractivity contribution is 7.15. The maximum Gasteiger partial charge on any atom is 0.223 e. The van der Waals surface area contributed by atoms with Gasteiger partial charge in [-0.25, -0.2) is 19.3 Å². The summed E-state index contributed by atoms with van der Waals surface area (Å²) in [7, 11) is 0. The van der Waals surface area contributed by atoms with Gasteiger partial charge in [0.2, 0.25) is 5.95 Å². The molecule has 1 saturated carbocycles. The summed E-state index contributed by atoms with van der Waals surface area (Å²) in [6.07, 6.45) is 10.3. The van der Waals surface area contributed by atoms with Crippen LogP contribution in [0.5, 0.6) is 0 Å². The first kappa shape index (κ1) is 27.9. The molecular formula is C28H37FN4O2S. The first-order valence-corrected chi connectivity index (χ1v) is 13.8. The standard InChI is InChI=1S/C26H33FN4OS.C2H4O/c1-3-9-18(15-17-32-4-2)25-31-23(20-12-7-8-13-21(20)27)24(33-25)22-14-16-28-26(30-22)29-19-10-5-6-11-19;1-2-3/h7-8,12-14,16,18-19H,3-6,9-11,15,17H2,1-2H3,(H,28,29,30);2H,1H3. The van der Waals surface area contributed by atoms with Gasteiger partial charge in [0.15, 0.2) is 0 Å². The number of rotatable bonds is 11. The fraction of sp³-hybridized carbons (Fsp3) is 0.500. The van der Waals surface area contributed by atoms with Gasteiger partial charge in [0, 0.05) is 36.9 Å². The van der Waals surface area contributed by atoms with E-state index < -0.39 is 0 Å². The number of hydrogen-bond acceptors (Lipinski definition) is 7. The fourth-order valence-electron chi connectivity index (χ4n) is 4.44. The third-order valence-corrected chi connectivity index (χ3v) is 7.39. The number of thiazole rings is 1. The molecular weight excluding hydrogens is 475 g/mol. The lowest BCUT2D eigenvalue weighted by molar-refractivity contribution is -0.106. The number of halogens is 1. The summed E-state index contributed by atoms with van der Waals surface area (Å²) in [6, 6.07) is 9.18. The SMILES string of the molecule is CC=O.CCCC(CCOCC)c1nc(-c2ccccc2F)c(-c2ccnc(NC3CCCC3)n2)s1. The van der Waals surface area contributed by atoms with Crippen LogP contribution in [-0.4, -0.2) is 40.5 Å². The highest BCUT2D eigenvalue weighted by Crippen LogP contribution is 2.41. The van der Waals surface area contributed by atoms with Gasteiger partial charge in [-0.05, 0) is 57.7 Å². The Labute approximate surface area is 217 Å². The van der Waals surface area contributed by atoms with Crippen LogP contribution in [-0.2, 0) is 9.53 Å². The lowest BCUT2D eigenvalue weighted by atomic mass is 10.0. The molecule has 0 radical (unpaired) electrons. The molecule has 0 spiro atoms. The molecule has 1 N–H and O–H groups in total. The van der Waals surface area contributed by atoms with Crippen molar-refractivity contribution >= 4 is 23.6 Å². The van der Waals surface area contributed by atoms with Crippen LogP contribution in [0, 0.1) is 5.82 Å². The highest BCUT2D eigenvalue weighted by Gasteiger charge is 2.24. The molecule has 0 saturated heterocycles. The number of benzene rings is 1. The van der Waals surface area contributed by atoms with E-state index in [1.54, 1.807) is 29.7 Å². The Kier molecular flexibility index (Phi) is 11.4. The van der Waals surface area contributed by atoms with Gasteiger partial charge >= 0.3 is 0 Å². The van der Waals surface area contributed by atoms with Crippen LogP contribution in [0.15, 0.2) is 36.5 Å². The second-order valence-electron chi connectivity index (χ2n) is 8.81. The van der Waals surface area contributed by atoms with Gasteiger partial charge in [-0.3, -0.25) is 0 Å². The number of hydrogen-bond donors (Lipinski definition) is 1. The van der Waals surface area contributed by atoms with Gasteiger partial charge < -0.3 is 14.8 Å². The van der Waals surface area contributed by atoms with E-state index >= 15 is 0 Å². The van der Waals surface area contributed by atoms with Crippen molar-refractivity contribution in [3.8, 4) is 21.8 Å². The molecule has 6 nitrogen and oxygen atoms in total. The van der Waals surface area contributed by atoms with E-state index in [-0.39, 0.29) is 11.7 Å². The summed E-state index contributed by atoms with van der Waals surface area (Å²) in [4.78, 5) is 23.9. The highest BCUT2D eigenvalue weighted by atomic mass is 32.1. The van der Waals surface area contributed by atoms with Crippen molar-refractivity contribution in [2.75, 3.05) is 18.5 Å². The molecule has 8 heteroatoms. The molecule has 0 amide bonds. The van der Waals surface area contributed by atoms with Gasteiger partial charge in [0.05, 0.1) is 21.3 Å². The molecule has 1 atom stereocenters. The van der Waals surface area contributed by atoms with Crippen molar-refractivity contribution in [2.24, 2.45) is 0 Å². The van der Waals surface area contributed by atoms with Crippen LogP contribution in [0.4, 0.5) is 10.3 Å². The Bertz CT molecular complexity index is 1080. The van der Waals surface area contributed by atoms with Crippen molar-refractivity contribution in [1.29, 1.82) is 0 Å². The summed E-state index contributed by atoms with van der Waals surface area (Å²) in [5.74, 6) is 0.648. The average molecular weight is 513 g/mol. The van der Waals surface area contributed by atoms with Gasteiger partial charge in [0.1, 0.15) is 12.1 Å². The summed E-state index contributed by atoms with van der Waals surface area (Å²) in [6.45, 7) is 7.05. The molecule has 1 aliphatic carbocycles. The smallest absolute Gasteiger partial charge is 0.223 e. The molecule has 36 heavy (non-hydrogen) atoms. The predicted molar refractivity (Wildman–Crippen MR) is 145 cm³/mol. The average Bonchev–Trinajstić information content (AvgIpc) is 3.55. The molecule has 1 aromatic carbocycles. The zero-order valence-electron chi connectivity index (χ0n) is 21.5. The zero-order chi connectivity index (χ0) is 25.8. The lowest BCUT2D eigenvalue weighted by Crippen LogP contribution is -2.16.